The number of nitrogens with one attached hydrogen (secondary N) is 1. The van der Waals surface area contributed by atoms with E-state index < -0.39 is 24.0 Å². The number of para-hydroxylation sites is 1. The van der Waals surface area contributed by atoms with Crippen LogP contribution in [-0.4, -0.2) is 28.9 Å². The van der Waals surface area contributed by atoms with Crippen LogP contribution in [-0.2, 0) is 11.2 Å². The van der Waals surface area contributed by atoms with Crippen LogP contribution in [0.3, 0.4) is 0 Å². The number of hydrogen-bond acceptors (Lipinski definition) is 2. The minimum Gasteiger partial charge on any atom is -0.347 e. The Morgan fingerprint density at radius 2 is 1.88 bits per heavy atom. The number of amides is 1. The van der Waals surface area contributed by atoms with E-state index in [4.69, 9.17) is 0 Å². The maximum Gasteiger partial charge on any atom is 0.391 e. The van der Waals surface area contributed by atoms with E-state index in [2.05, 4.69) is 5.32 Å². The molecule has 1 atom stereocenters. The standard InChI is InChI=1S/C17H19F3N2O2/c1-10-3-2-4-11-9-14(22(24)15(10)11)16(23)21-13-7-5-12(6-8-13)17(18,19)20/h2-4,12-14H,5-9H2,1H3/p+1. The molecular formula is C17H20F3N2O2+. The lowest BCUT2D eigenvalue weighted by Crippen LogP contribution is -2.46. The van der Waals surface area contributed by atoms with Crippen molar-refractivity contribution in [3.8, 4) is 0 Å². The Morgan fingerprint density at radius 3 is 2.46 bits per heavy atom. The van der Waals surface area contributed by atoms with Gasteiger partial charge in [-0.3, -0.25) is 4.79 Å². The molecule has 0 radical (unpaired) electrons. The number of rotatable bonds is 2. The summed E-state index contributed by atoms with van der Waals surface area (Å²) in [7, 11) is 0. The van der Waals surface area contributed by atoms with Gasteiger partial charge in [-0.15, -0.1) is 0 Å². The van der Waals surface area contributed by atoms with E-state index >= 15 is 0 Å². The highest BCUT2D eigenvalue weighted by atomic mass is 19.4. The fraction of sp³-hybridized carbons (Fsp3) is 0.588. The smallest absolute Gasteiger partial charge is 0.347 e. The Morgan fingerprint density at radius 1 is 1.21 bits per heavy atom. The van der Waals surface area contributed by atoms with E-state index in [0.717, 1.165) is 15.9 Å². The summed E-state index contributed by atoms with van der Waals surface area (Å²) in [6.07, 6.45) is -3.17. The van der Waals surface area contributed by atoms with Crippen LogP contribution in [0.5, 0.6) is 0 Å². The number of halogens is 3. The van der Waals surface area contributed by atoms with Crippen LogP contribution in [0.15, 0.2) is 18.2 Å². The van der Waals surface area contributed by atoms with Gasteiger partial charge in [0.25, 0.3) is 17.6 Å². The summed E-state index contributed by atoms with van der Waals surface area (Å²) in [4.78, 5) is 24.8. The average molecular weight is 341 g/mol. The van der Waals surface area contributed by atoms with E-state index in [0.29, 0.717) is 24.9 Å². The van der Waals surface area contributed by atoms with Crippen LogP contribution in [0.4, 0.5) is 18.9 Å². The van der Waals surface area contributed by atoms with Crippen LogP contribution in [0, 0.1) is 17.7 Å². The fourth-order valence-electron chi connectivity index (χ4n) is 3.71. The average Bonchev–Trinajstić information content (AvgIpc) is 2.85. The molecule has 1 aromatic carbocycles. The second-order valence-electron chi connectivity index (χ2n) is 6.73. The first kappa shape index (κ1) is 16.9. The van der Waals surface area contributed by atoms with Crippen LogP contribution in [0.25, 0.3) is 0 Å². The number of nitrogens with zero attached hydrogens (tertiary/aromatic N) is 1. The van der Waals surface area contributed by atoms with Crippen molar-refractivity contribution in [2.75, 3.05) is 0 Å². The number of fused-ring (bicyclic) bond motifs is 1. The molecule has 1 N–H and O–H groups in total. The zero-order chi connectivity index (χ0) is 17.5. The molecule has 3 rings (SSSR count). The maximum atomic E-state index is 12.7. The minimum atomic E-state index is -4.16. The lowest BCUT2D eigenvalue weighted by atomic mass is 9.85. The second-order valence-corrected chi connectivity index (χ2v) is 6.73. The van der Waals surface area contributed by atoms with Gasteiger partial charge in [-0.1, -0.05) is 18.2 Å². The van der Waals surface area contributed by atoms with E-state index in [1.165, 1.54) is 0 Å². The third kappa shape index (κ3) is 3.16. The maximum absolute atomic E-state index is 12.7. The molecule has 1 aromatic rings. The Kier molecular flexibility index (Phi) is 4.36. The summed E-state index contributed by atoms with van der Waals surface area (Å²) in [5.41, 5.74) is 2.20. The van der Waals surface area contributed by atoms with E-state index in [1.54, 1.807) is 0 Å². The second kappa shape index (κ2) is 6.18. The molecule has 1 aliphatic carbocycles. The fourth-order valence-corrected chi connectivity index (χ4v) is 3.71. The van der Waals surface area contributed by atoms with Gasteiger partial charge in [0.05, 0.1) is 17.1 Å². The zero-order valence-electron chi connectivity index (χ0n) is 13.4. The molecule has 2 aliphatic rings. The molecule has 1 heterocycles. The Hall–Kier alpha value is -1.92. The topological polar surface area (TPSA) is 49.2 Å². The van der Waals surface area contributed by atoms with Crippen molar-refractivity contribution in [2.45, 2.75) is 57.3 Å². The van der Waals surface area contributed by atoms with E-state index in [9.17, 15) is 22.9 Å². The summed E-state index contributed by atoms with van der Waals surface area (Å²) in [6.45, 7) is 1.82. The quantitative estimate of drug-likeness (QED) is 0.836. The largest absolute Gasteiger partial charge is 0.391 e. The zero-order valence-corrected chi connectivity index (χ0v) is 13.4. The van der Waals surface area contributed by atoms with Gasteiger partial charge in [-0.05, 0) is 32.6 Å². The molecule has 7 heteroatoms. The molecule has 1 unspecified atom stereocenters. The molecular weight excluding hydrogens is 321 g/mol. The summed E-state index contributed by atoms with van der Waals surface area (Å²) >= 11 is 0. The molecule has 1 fully saturated rings. The number of alkyl halides is 3. The first-order valence-corrected chi connectivity index (χ1v) is 8.19. The first-order chi connectivity index (χ1) is 11.3. The number of hydrogen-bond donors (Lipinski definition) is 1. The van der Waals surface area contributed by atoms with Crippen LogP contribution < -0.4 is 5.32 Å². The number of aryl methyl sites for hydroxylation is 1. The van der Waals surface area contributed by atoms with Gasteiger partial charge in [0.2, 0.25) is 0 Å². The highest BCUT2D eigenvalue weighted by Gasteiger charge is 2.46. The van der Waals surface area contributed by atoms with Crippen molar-refractivity contribution >= 4 is 11.6 Å². The van der Waals surface area contributed by atoms with Crippen molar-refractivity contribution < 1.29 is 22.7 Å². The summed E-state index contributed by atoms with van der Waals surface area (Å²) in [6, 6.07) is 4.38. The third-order valence-corrected chi connectivity index (χ3v) is 5.08. The van der Waals surface area contributed by atoms with Crippen LogP contribution >= 0.6 is 0 Å². The van der Waals surface area contributed by atoms with Crippen molar-refractivity contribution in [3.05, 3.63) is 34.2 Å². The molecule has 1 saturated carbocycles. The van der Waals surface area contributed by atoms with Gasteiger partial charge < -0.3 is 5.32 Å². The van der Waals surface area contributed by atoms with Gasteiger partial charge in [0, 0.05) is 22.1 Å². The van der Waals surface area contributed by atoms with Crippen molar-refractivity contribution in [1.29, 1.82) is 0 Å². The molecule has 24 heavy (non-hydrogen) atoms. The highest BCUT2D eigenvalue weighted by molar-refractivity contribution is 5.82. The Balaban J connectivity index is 1.60. The highest BCUT2D eigenvalue weighted by Crippen LogP contribution is 2.38. The first-order valence-electron chi connectivity index (χ1n) is 8.19. The molecule has 0 aromatic heterocycles. The van der Waals surface area contributed by atoms with Gasteiger partial charge in [0.15, 0.2) is 0 Å². The summed E-state index contributed by atoms with van der Waals surface area (Å²) in [5, 5.41) is 2.77. The van der Waals surface area contributed by atoms with E-state index in [1.807, 2.05) is 25.1 Å². The lowest BCUT2D eigenvalue weighted by molar-refractivity contribution is -0.481. The predicted octanol–water partition coefficient (Wildman–Crippen LogP) is 3.57. The lowest BCUT2D eigenvalue weighted by Gasteiger charge is -2.30. The van der Waals surface area contributed by atoms with Crippen LogP contribution in [0.2, 0.25) is 0 Å². The Labute approximate surface area is 138 Å². The molecule has 1 aliphatic heterocycles. The van der Waals surface area contributed by atoms with Gasteiger partial charge in [0.1, 0.15) is 0 Å². The molecule has 0 spiro atoms. The third-order valence-electron chi connectivity index (χ3n) is 5.08. The van der Waals surface area contributed by atoms with Crippen molar-refractivity contribution in [1.82, 2.24) is 5.32 Å². The van der Waals surface area contributed by atoms with Crippen molar-refractivity contribution in [3.63, 3.8) is 0 Å². The SMILES string of the molecule is Cc1cccc2c1[N+](=O)C(C(=O)NC1CCC(C(F)(F)F)CC1)C2. The minimum absolute atomic E-state index is 0.0273. The normalized spacial score (nSPS) is 27.0. The van der Waals surface area contributed by atoms with Gasteiger partial charge in [-0.2, -0.15) is 13.2 Å². The monoisotopic (exact) mass is 341 g/mol. The summed E-state index contributed by atoms with van der Waals surface area (Å²) in [5.74, 6) is -1.67. The van der Waals surface area contributed by atoms with Gasteiger partial charge >= 0.3 is 6.18 Å². The number of nitroso groups, excluding NO2 is 1. The molecule has 1 amide bonds. The summed E-state index contributed by atoms with van der Waals surface area (Å²) < 4.78 is 38.8. The molecule has 0 saturated heterocycles. The number of carbonyl (C=O) groups excluding carboxylic acids is 1. The van der Waals surface area contributed by atoms with E-state index in [-0.39, 0.29) is 18.9 Å². The number of carbonyl (C=O) groups is 1. The van der Waals surface area contributed by atoms with Crippen LogP contribution in [0.1, 0.15) is 36.8 Å². The number of benzene rings is 1. The molecule has 0 bridgehead atoms. The molecule has 4 nitrogen and oxygen atoms in total. The predicted molar refractivity (Wildman–Crippen MR) is 81.9 cm³/mol. The van der Waals surface area contributed by atoms with Gasteiger partial charge in [-0.25, -0.2) is 0 Å². The Bertz CT molecular complexity index is 664. The molecule has 130 valence electrons. The van der Waals surface area contributed by atoms with Crippen molar-refractivity contribution in [2.24, 2.45) is 5.92 Å².